The summed E-state index contributed by atoms with van der Waals surface area (Å²) in [6.07, 6.45) is 4.13. The third-order valence-corrected chi connectivity index (χ3v) is 5.00. The van der Waals surface area contributed by atoms with E-state index < -0.39 is 10.0 Å². The minimum atomic E-state index is -3.21. The van der Waals surface area contributed by atoms with Gasteiger partial charge in [-0.1, -0.05) is 24.6 Å². The molecule has 21 heavy (non-hydrogen) atoms. The van der Waals surface area contributed by atoms with Crippen molar-refractivity contribution in [1.82, 2.24) is 10.0 Å². The molecule has 5 nitrogen and oxygen atoms in total. The summed E-state index contributed by atoms with van der Waals surface area (Å²) in [6, 6.07) is 9.73. The molecule has 6 heteroatoms. The van der Waals surface area contributed by atoms with Crippen LogP contribution in [-0.2, 0) is 10.0 Å². The molecule has 1 aromatic carbocycles. The molecule has 1 atom stereocenters. The van der Waals surface area contributed by atoms with Gasteiger partial charge in [0, 0.05) is 12.6 Å². The zero-order valence-corrected chi connectivity index (χ0v) is 13.1. The summed E-state index contributed by atoms with van der Waals surface area (Å²) in [7, 11) is -3.21. The summed E-state index contributed by atoms with van der Waals surface area (Å²) in [5.41, 5.74) is 0. The molecule has 1 saturated heterocycles. The van der Waals surface area contributed by atoms with Crippen LogP contribution in [0, 0.1) is 0 Å². The Balaban J connectivity index is 1.62. The second-order valence-electron chi connectivity index (χ2n) is 5.31. The van der Waals surface area contributed by atoms with E-state index >= 15 is 0 Å². The molecule has 1 heterocycles. The van der Waals surface area contributed by atoms with Gasteiger partial charge in [-0.05, 0) is 37.9 Å². The number of rotatable bonds is 8. The van der Waals surface area contributed by atoms with Crippen LogP contribution in [0.15, 0.2) is 30.3 Å². The fourth-order valence-electron chi connectivity index (χ4n) is 2.42. The number of piperidine rings is 1. The number of nitrogens with one attached hydrogen (secondary N) is 2. The van der Waals surface area contributed by atoms with Crippen LogP contribution in [0.2, 0.25) is 0 Å². The number of hydrogen-bond acceptors (Lipinski definition) is 4. The van der Waals surface area contributed by atoms with Crippen molar-refractivity contribution in [3.63, 3.8) is 0 Å². The molecule has 0 radical (unpaired) electrons. The van der Waals surface area contributed by atoms with E-state index in [1.165, 1.54) is 12.8 Å². The summed E-state index contributed by atoms with van der Waals surface area (Å²) in [4.78, 5) is 0. The Morgan fingerprint density at radius 3 is 2.76 bits per heavy atom. The molecule has 0 bridgehead atoms. The highest BCUT2D eigenvalue weighted by Crippen LogP contribution is 2.11. The minimum Gasteiger partial charge on any atom is -0.492 e. The maximum Gasteiger partial charge on any atom is 0.211 e. The number of ether oxygens (including phenoxy) is 1. The summed E-state index contributed by atoms with van der Waals surface area (Å²) in [5, 5.41) is 3.36. The first-order valence-corrected chi connectivity index (χ1v) is 9.19. The lowest BCUT2D eigenvalue weighted by Gasteiger charge is -2.23. The normalized spacial score (nSPS) is 19.3. The summed E-state index contributed by atoms with van der Waals surface area (Å²) >= 11 is 0. The van der Waals surface area contributed by atoms with Gasteiger partial charge in [0.25, 0.3) is 0 Å². The van der Waals surface area contributed by atoms with E-state index in [0.29, 0.717) is 25.6 Å². The van der Waals surface area contributed by atoms with E-state index in [1.807, 2.05) is 30.3 Å². The lowest BCUT2D eigenvalue weighted by atomic mass is 10.0. The van der Waals surface area contributed by atoms with E-state index in [-0.39, 0.29) is 5.75 Å². The Hall–Kier alpha value is -1.11. The standard InChI is InChI=1S/C15H24N2O3S/c18-21(19,13-9-14-6-4-5-10-16-14)17-11-12-20-15-7-2-1-3-8-15/h1-3,7-8,14,16-17H,4-6,9-13H2. The highest BCUT2D eigenvalue weighted by atomic mass is 32.2. The van der Waals surface area contributed by atoms with Crippen molar-refractivity contribution in [2.45, 2.75) is 31.7 Å². The number of hydrogen-bond donors (Lipinski definition) is 2. The van der Waals surface area contributed by atoms with Crippen molar-refractivity contribution in [1.29, 1.82) is 0 Å². The molecule has 1 unspecified atom stereocenters. The van der Waals surface area contributed by atoms with Crippen LogP contribution in [0.4, 0.5) is 0 Å². The molecule has 0 amide bonds. The largest absolute Gasteiger partial charge is 0.492 e. The first kappa shape index (κ1) is 16.3. The smallest absolute Gasteiger partial charge is 0.211 e. The second-order valence-corrected chi connectivity index (χ2v) is 7.24. The quantitative estimate of drug-likeness (QED) is 0.714. The Morgan fingerprint density at radius 2 is 2.05 bits per heavy atom. The van der Waals surface area contributed by atoms with Crippen LogP contribution < -0.4 is 14.8 Å². The van der Waals surface area contributed by atoms with E-state index in [9.17, 15) is 8.42 Å². The zero-order valence-electron chi connectivity index (χ0n) is 12.3. The maximum absolute atomic E-state index is 11.9. The van der Waals surface area contributed by atoms with Gasteiger partial charge in [-0.3, -0.25) is 0 Å². The first-order chi connectivity index (χ1) is 10.2. The molecule has 2 rings (SSSR count). The number of sulfonamides is 1. The summed E-state index contributed by atoms with van der Waals surface area (Å²) in [6.45, 7) is 1.64. The number of benzene rings is 1. The van der Waals surface area contributed by atoms with Gasteiger partial charge in [-0.25, -0.2) is 13.1 Å². The van der Waals surface area contributed by atoms with E-state index in [1.54, 1.807) is 0 Å². The summed E-state index contributed by atoms with van der Waals surface area (Å²) < 4.78 is 31.8. The van der Waals surface area contributed by atoms with Crippen molar-refractivity contribution < 1.29 is 13.2 Å². The molecular weight excluding hydrogens is 288 g/mol. The average molecular weight is 312 g/mol. The van der Waals surface area contributed by atoms with Gasteiger partial charge in [-0.15, -0.1) is 0 Å². The number of para-hydroxylation sites is 1. The third kappa shape index (κ3) is 6.46. The predicted molar refractivity (Wildman–Crippen MR) is 84.0 cm³/mol. The highest BCUT2D eigenvalue weighted by Gasteiger charge is 2.16. The van der Waals surface area contributed by atoms with Gasteiger partial charge in [0.05, 0.1) is 5.75 Å². The molecule has 0 aromatic heterocycles. The molecule has 1 fully saturated rings. The molecule has 0 saturated carbocycles. The van der Waals surface area contributed by atoms with Crippen LogP contribution >= 0.6 is 0 Å². The van der Waals surface area contributed by atoms with Crippen LogP contribution in [0.3, 0.4) is 0 Å². The maximum atomic E-state index is 11.9. The molecule has 1 aromatic rings. The molecule has 0 aliphatic carbocycles. The van der Waals surface area contributed by atoms with Crippen molar-refractivity contribution in [3.05, 3.63) is 30.3 Å². The van der Waals surface area contributed by atoms with Gasteiger partial charge >= 0.3 is 0 Å². The van der Waals surface area contributed by atoms with Gasteiger partial charge in [0.1, 0.15) is 12.4 Å². The highest BCUT2D eigenvalue weighted by molar-refractivity contribution is 7.89. The van der Waals surface area contributed by atoms with E-state index in [2.05, 4.69) is 10.0 Å². The Kier molecular flexibility index (Phi) is 6.48. The Morgan fingerprint density at radius 1 is 1.24 bits per heavy atom. The lowest BCUT2D eigenvalue weighted by Crippen LogP contribution is -2.37. The van der Waals surface area contributed by atoms with Crippen molar-refractivity contribution in [3.8, 4) is 5.75 Å². The zero-order chi connectivity index (χ0) is 15.0. The minimum absolute atomic E-state index is 0.177. The van der Waals surface area contributed by atoms with Crippen LogP contribution in [-0.4, -0.2) is 39.9 Å². The first-order valence-electron chi connectivity index (χ1n) is 7.54. The molecule has 1 aliphatic rings. The average Bonchev–Trinajstić information content (AvgIpc) is 2.52. The van der Waals surface area contributed by atoms with Crippen LogP contribution in [0.25, 0.3) is 0 Å². The van der Waals surface area contributed by atoms with Gasteiger partial charge in [-0.2, -0.15) is 0 Å². The van der Waals surface area contributed by atoms with Gasteiger partial charge < -0.3 is 10.1 Å². The molecular formula is C15H24N2O3S. The van der Waals surface area contributed by atoms with Crippen LogP contribution in [0.5, 0.6) is 5.75 Å². The Labute approximate surface area is 127 Å². The van der Waals surface area contributed by atoms with Crippen molar-refractivity contribution in [2.24, 2.45) is 0 Å². The molecule has 118 valence electrons. The molecule has 2 N–H and O–H groups in total. The third-order valence-electron chi connectivity index (χ3n) is 3.58. The molecule has 0 spiro atoms. The second kappa shape index (κ2) is 8.36. The van der Waals surface area contributed by atoms with E-state index in [4.69, 9.17) is 4.74 Å². The SMILES string of the molecule is O=S(=O)(CCC1CCCCN1)NCCOc1ccccc1. The monoisotopic (exact) mass is 312 g/mol. The fourth-order valence-corrected chi connectivity index (χ4v) is 3.56. The lowest BCUT2D eigenvalue weighted by molar-refractivity contribution is 0.322. The van der Waals surface area contributed by atoms with Gasteiger partial charge in [0.2, 0.25) is 10.0 Å². The topological polar surface area (TPSA) is 67.4 Å². The molecule has 1 aliphatic heterocycles. The predicted octanol–water partition coefficient (Wildman–Crippen LogP) is 1.52. The van der Waals surface area contributed by atoms with Crippen molar-refractivity contribution >= 4 is 10.0 Å². The Bertz CT molecular complexity index is 499. The van der Waals surface area contributed by atoms with Crippen LogP contribution in [0.1, 0.15) is 25.7 Å². The van der Waals surface area contributed by atoms with E-state index in [0.717, 1.165) is 18.7 Å². The van der Waals surface area contributed by atoms with Crippen molar-refractivity contribution in [2.75, 3.05) is 25.4 Å². The van der Waals surface area contributed by atoms with Gasteiger partial charge in [0.15, 0.2) is 0 Å². The summed E-state index contributed by atoms with van der Waals surface area (Å²) in [5.74, 6) is 0.929. The fraction of sp³-hybridized carbons (Fsp3) is 0.600.